The van der Waals surface area contributed by atoms with E-state index >= 15 is 0 Å². The molecule has 2 aliphatic rings. The van der Waals surface area contributed by atoms with Crippen LogP contribution in [0.1, 0.15) is 54.6 Å². The van der Waals surface area contributed by atoms with Gasteiger partial charge >= 0.3 is 6.18 Å². The van der Waals surface area contributed by atoms with Gasteiger partial charge in [0.2, 0.25) is 5.88 Å². The number of benzene rings is 1. The lowest BCUT2D eigenvalue weighted by Gasteiger charge is -2.14. The Morgan fingerprint density at radius 3 is 2.49 bits per heavy atom. The zero-order valence-electron chi connectivity index (χ0n) is 23.2. The molecule has 0 radical (unpaired) electrons. The molecule has 4 heterocycles. The van der Waals surface area contributed by atoms with E-state index in [-0.39, 0.29) is 24.3 Å². The van der Waals surface area contributed by atoms with Crippen LogP contribution in [0.25, 0.3) is 33.9 Å². The summed E-state index contributed by atoms with van der Waals surface area (Å²) in [5.74, 6) is 1.44. The van der Waals surface area contributed by atoms with Crippen LogP contribution in [-0.4, -0.2) is 53.3 Å². The van der Waals surface area contributed by atoms with E-state index in [1.165, 1.54) is 37.5 Å². The lowest BCUT2D eigenvalue weighted by Crippen LogP contribution is -2.22. The Labute approximate surface area is 242 Å². The van der Waals surface area contributed by atoms with Crippen molar-refractivity contribution in [2.24, 2.45) is 0 Å². The molecule has 0 atom stereocenters. The van der Waals surface area contributed by atoms with E-state index in [1.807, 2.05) is 0 Å². The minimum atomic E-state index is -4.57. The number of aromatic nitrogens is 8. The predicted molar refractivity (Wildman–Crippen MR) is 148 cm³/mol. The minimum absolute atomic E-state index is 0.0345. The number of ether oxygens (including phenoxy) is 2. The van der Waals surface area contributed by atoms with Gasteiger partial charge in [0.15, 0.2) is 17.2 Å². The third kappa shape index (κ3) is 4.96. The van der Waals surface area contributed by atoms with Gasteiger partial charge in [-0.2, -0.15) is 13.2 Å². The van der Waals surface area contributed by atoms with E-state index < -0.39 is 17.4 Å². The van der Waals surface area contributed by atoms with Gasteiger partial charge in [-0.15, -0.1) is 0 Å². The number of hydrogen-bond acceptors (Lipinski definition) is 9. The maximum Gasteiger partial charge on any atom is 0.434 e. The fraction of sp³-hybridized carbons (Fsp3) is 0.345. The van der Waals surface area contributed by atoms with Crippen LogP contribution in [0.4, 0.5) is 13.2 Å². The summed E-state index contributed by atoms with van der Waals surface area (Å²) in [6, 6.07) is 5.05. The van der Waals surface area contributed by atoms with Crippen molar-refractivity contribution in [3.8, 4) is 34.4 Å². The van der Waals surface area contributed by atoms with E-state index in [0.717, 1.165) is 37.6 Å². The number of nitrogens with zero attached hydrogens (tertiary/aromatic N) is 8. The Kier molecular flexibility index (Phi) is 6.36. The number of hydrogen-bond donors (Lipinski definition) is 0. The topological polar surface area (TPSA) is 123 Å². The first-order chi connectivity index (χ1) is 20.7. The van der Waals surface area contributed by atoms with Crippen LogP contribution >= 0.6 is 0 Å². The molecule has 43 heavy (non-hydrogen) atoms. The molecule has 2 aliphatic carbocycles. The summed E-state index contributed by atoms with van der Waals surface area (Å²) in [6.45, 7) is 0.0910. The van der Waals surface area contributed by atoms with Gasteiger partial charge in [-0.25, -0.2) is 29.9 Å². The fourth-order valence-corrected chi connectivity index (χ4v) is 5.20. The molecule has 5 aromatic rings. The van der Waals surface area contributed by atoms with Crippen LogP contribution < -0.4 is 15.0 Å². The highest BCUT2D eigenvalue weighted by atomic mass is 19.4. The summed E-state index contributed by atoms with van der Waals surface area (Å²) in [7, 11) is 2.96. The summed E-state index contributed by atoms with van der Waals surface area (Å²) in [5.41, 5.74) is 1.82. The number of imidazole rings is 1. The molecule has 0 spiro atoms. The molecule has 0 saturated heterocycles. The van der Waals surface area contributed by atoms with Crippen molar-refractivity contribution >= 4 is 11.2 Å². The smallest absolute Gasteiger partial charge is 0.434 e. The number of alkyl halides is 3. The first-order valence-corrected chi connectivity index (χ1v) is 13.7. The summed E-state index contributed by atoms with van der Waals surface area (Å²) in [4.78, 5) is 39.2. The second-order valence-corrected chi connectivity index (χ2v) is 10.6. The van der Waals surface area contributed by atoms with Crippen LogP contribution in [0.15, 0.2) is 47.9 Å². The highest BCUT2D eigenvalue weighted by Gasteiger charge is 2.38. The molecule has 11 nitrogen and oxygen atoms in total. The average molecular weight is 591 g/mol. The number of halogens is 3. The van der Waals surface area contributed by atoms with Crippen molar-refractivity contribution in [1.29, 1.82) is 0 Å². The number of fused-ring (bicyclic) bond motifs is 1. The fourth-order valence-electron chi connectivity index (χ4n) is 5.20. The first-order valence-electron chi connectivity index (χ1n) is 13.7. The standard InChI is InChI=1S/C29H25F3N8O3/c1-42-20-9-15(3-8-18(20)26-37-21(29(30,31)32)13-39(26)17-6-7-17)12-40-22(41)11-33-19-10-34-25(38-27(19)40)23-24(16-4-5-16)35-14-36-28(23)43-2/h3,8-11,13-14,16-17H,4-7,12H2,1-2H3. The number of methoxy groups -OCH3 is 2. The Morgan fingerprint density at radius 1 is 0.977 bits per heavy atom. The van der Waals surface area contributed by atoms with Crippen molar-refractivity contribution in [3.05, 3.63) is 70.4 Å². The van der Waals surface area contributed by atoms with Crippen LogP contribution in [0, 0.1) is 0 Å². The maximum atomic E-state index is 13.5. The van der Waals surface area contributed by atoms with Gasteiger partial charge in [0, 0.05) is 18.2 Å². The third-order valence-corrected chi connectivity index (χ3v) is 7.62. The second kappa shape index (κ2) is 10.1. The van der Waals surface area contributed by atoms with Crippen LogP contribution in [-0.2, 0) is 12.7 Å². The van der Waals surface area contributed by atoms with E-state index in [9.17, 15) is 18.0 Å². The number of rotatable bonds is 8. The molecule has 7 rings (SSSR count). The highest BCUT2D eigenvalue weighted by Crippen LogP contribution is 2.45. The molecule has 0 N–H and O–H groups in total. The SMILES string of the molecule is COc1cc(Cn2c(=O)cnc3cnc(-c4c(OC)ncnc4C4CC4)nc32)ccc1-c1nc(C(F)(F)F)cn1C1CC1. The molecular formula is C29H25F3N8O3. The predicted octanol–water partition coefficient (Wildman–Crippen LogP) is 4.80. The Bertz CT molecular complexity index is 1930. The van der Waals surface area contributed by atoms with Crippen LogP contribution in [0.5, 0.6) is 11.6 Å². The Morgan fingerprint density at radius 2 is 1.79 bits per heavy atom. The Balaban J connectivity index is 1.29. The quantitative estimate of drug-likeness (QED) is 0.251. The van der Waals surface area contributed by atoms with Crippen molar-refractivity contribution in [2.45, 2.75) is 50.4 Å². The second-order valence-electron chi connectivity index (χ2n) is 10.6. The van der Waals surface area contributed by atoms with Crippen molar-refractivity contribution in [3.63, 3.8) is 0 Å². The summed E-state index contributed by atoms with van der Waals surface area (Å²) in [5, 5.41) is 0. The van der Waals surface area contributed by atoms with Gasteiger partial charge in [0.1, 0.15) is 29.0 Å². The van der Waals surface area contributed by atoms with Crippen LogP contribution in [0.2, 0.25) is 0 Å². The molecule has 0 amide bonds. The molecule has 14 heteroatoms. The van der Waals surface area contributed by atoms with E-state index in [0.29, 0.717) is 45.3 Å². The maximum absolute atomic E-state index is 13.5. The summed E-state index contributed by atoms with van der Waals surface area (Å²) in [6.07, 6.45) is 4.22. The lowest BCUT2D eigenvalue weighted by molar-refractivity contribution is -0.140. The molecule has 2 saturated carbocycles. The molecule has 2 fully saturated rings. The zero-order valence-corrected chi connectivity index (χ0v) is 23.2. The molecule has 0 aliphatic heterocycles. The Hall–Kier alpha value is -4.88. The van der Waals surface area contributed by atoms with E-state index in [1.54, 1.807) is 22.8 Å². The third-order valence-electron chi connectivity index (χ3n) is 7.62. The van der Waals surface area contributed by atoms with Crippen molar-refractivity contribution < 1.29 is 22.6 Å². The molecule has 0 unspecified atom stereocenters. The molecule has 4 aromatic heterocycles. The lowest BCUT2D eigenvalue weighted by atomic mass is 10.1. The molecule has 220 valence electrons. The zero-order chi connectivity index (χ0) is 29.9. The van der Waals surface area contributed by atoms with E-state index in [2.05, 4.69) is 24.9 Å². The first kappa shape index (κ1) is 27.0. The van der Waals surface area contributed by atoms with Gasteiger partial charge in [0.05, 0.1) is 44.4 Å². The van der Waals surface area contributed by atoms with Crippen LogP contribution in [0.3, 0.4) is 0 Å². The monoisotopic (exact) mass is 590 g/mol. The van der Waals surface area contributed by atoms with Gasteiger partial charge in [-0.1, -0.05) is 6.07 Å². The van der Waals surface area contributed by atoms with Crippen molar-refractivity contribution in [1.82, 2.24) is 39.0 Å². The average Bonchev–Trinajstić information content (AvgIpc) is 3.95. The molecule has 1 aromatic carbocycles. The van der Waals surface area contributed by atoms with Gasteiger partial charge in [-0.05, 0) is 43.4 Å². The summed E-state index contributed by atoms with van der Waals surface area (Å²) < 4.78 is 54.7. The normalized spacial score (nSPS) is 15.2. The molecular weight excluding hydrogens is 565 g/mol. The van der Waals surface area contributed by atoms with Gasteiger partial charge < -0.3 is 14.0 Å². The van der Waals surface area contributed by atoms with Crippen molar-refractivity contribution in [2.75, 3.05) is 14.2 Å². The van der Waals surface area contributed by atoms with Gasteiger partial charge in [0.25, 0.3) is 5.56 Å². The van der Waals surface area contributed by atoms with Gasteiger partial charge in [-0.3, -0.25) is 9.36 Å². The molecule has 0 bridgehead atoms. The largest absolute Gasteiger partial charge is 0.496 e. The van der Waals surface area contributed by atoms with E-state index in [4.69, 9.17) is 14.5 Å². The summed E-state index contributed by atoms with van der Waals surface area (Å²) >= 11 is 0. The minimum Gasteiger partial charge on any atom is -0.496 e. The highest BCUT2D eigenvalue weighted by molar-refractivity contribution is 5.75.